The van der Waals surface area contributed by atoms with Crippen molar-refractivity contribution in [2.45, 2.75) is 19.1 Å². The van der Waals surface area contributed by atoms with Crippen LogP contribution in [0.4, 0.5) is 13.2 Å². The molecule has 1 aromatic rings. The summed E-state index contributed by atoms with van der Waals surface area (Å²) in [5.74, 6) is -0.594. The highest BCUT2D eigenvalue weighted by atomic mass is 19.4. The van der Waals surface area contributed by atoms with Crippen molar-refractivity contribution in [3.05, 3.63) is 30.1 Å². The Bertz CT molecular complexity index is 382. The molecule has 0 aliphatic rings. The fourth-order valence-electron chi connectivity index (χ4n) is 1.28. The number of hydrogen-bond acceptors (Lipinski definition) is 3. The molecule has 1 aromatic heterocycles. The number of pyridine rings is 1. The molecule has 0 aromatic carbocycles. The number of nitrogens with one attached hydrogen (secondary N) is 1. The Morgan fingerprint density at radius 2 is 2.06 bits per heavy atom. The van der Waals surface area contributed by atoms with Crippen LogP contribution < -0.4 is 5.32 Å². The maximum absolute atomic E-state index is 11.8. The number of ether oxygens (including phenoxy) is 1. The number of carbonyl (C=O) groups is 1. The Kier molecular flexibility index (Phi) is 5.08. The van der Waals surface area contributed by atoms with Crippen LogP contribution in [0, 0.1) is 0 Å². The average Bonchev–Trinajstić information content (AvgIpc) is 2.28. The fraction of sp³-hybridized carbons (Fsp3) is 0.455. The first-order valence-corrected chi connectivity index (χ1v) is 5.22. The summed E-state index contributed by atoms with van der Waals surface area (Å²) in [4.78, 5) is 15.1. The minimum Gasteiger partial charge on any atom is -0.362 e. The van der Waals surface area contributed by atoms with Gasteiger partial charge in [0.05, 0.1) is 6.04 Å². The van der Waals surface area contributed by atoms with Gasteiger partial charge in [0.2, 0.25) is 5.91 Å². The number of rotatable bonds is 5. The first-order valence-electron chi connectivity index (χ1n) is 5.22. The second-order valence-corrected chi connectivity index (χ2v) is 3.68. The van der Waals surface area contributed by atoms with Crippen molar-refractivity contribution in [3.63, 3.8) is 0 Å². The van der Waals surface area contributed by atoms with Crippen molar-refractivity contribution in [3.8, 4) is 0 Å². The Balaban J connectivity index is 2.32. The zero-order valence-electron chi connectivity index (χ0n) is 9.70. The van der Waals surface area contributed by atoms with Crippen molar-refractivity contribution in [2.75, 3.05) is 13.2 Å². The first-order chi connectivity index (χ1) is 8.38. The van der Waals surface area contributed by atoms with Crippen LogP contribution in [0.3, 0.4) is 0 Å². The van der Waals surface area contributed by atoms with E-state index in [9.17, 15) is 18.0 Å². The van der Waals surface area contributed by atoms with E-state index in [4.69, 9.17) is 0 Å². The molecule has 0 bridgehead atoms. The molecule has 0 saturated carbocycles. The van der Waals surface area contributed by atoms with E-state index in [0.717, 1.165) is 5.56 Å². The predicted octanol–water partition coefficient (Wildman–Crippen LogP) is 1.84. The van der Waals surface area contributed by atoms with Crippen molar-refractivity contribution in [1.82, 2.24) is 10.3 Å². The lowest BCUT2D eigenvalue weighted by molar-refractivity contribution is -0.175. The van der Waals surface area contributed by atoms with Gasteiger partial charge in [-0.05, 0) is 24.6 Å². The molecule has 0 fully saturated rings. The van der Waals surface area contributed by atoms with E-state index in [-0.39, 0.29) is 6.04 Å². The van der Waals surface area contributed by atoms with Crippen molar-refractivity contribution >= 4 is 5.91 Å². The van der Waals surface area contributed by atoms with Crippen LogP contribution >= 0.6 is 0 Å². The predicted molar refractivity (Wildman–Crippen MR) is 57.7 cm³/mol. The van der Waals surface area contributed by atoms with Gasteiger partial charge in [0.1, 0.15) is 13.2 Å². The van der Waals surface area contributed by atoms with Gasteiger partial charge in [0.15, 0.2) is 0 Å². The van der Waals surface area contributed by atoms with Crippen LogP contribution in [0.5, 0.6) is 0 Å². The fourth-order valence-corrected chi connectivity index (χ4v) is 1.28. The quantitative estimate of drug-likeness (QED) is 0.880. The zero-order valence-corrected chi connectivity index (χ0v) is 9.70. The van der Waals surface area contributed by atoms with Gasteiger partial charge in [0, 0.05) is 12.4 Å². The second-order valence-electron chi connectivity index (χ2n) is 3.68. The van der Waals surface area contributed by atoms with Gasteiger partial charge < -0.3 is 10.1 Å². The normalized spacial score (nSPS) is 13.1. The van der Waals surface area contributed by atoms with Gasteiger partial charge in [0.25, 0.3) is 0 Å². The van der Waals surface area contributed by atoms with Crippen LogP contribution in [-0.2, 0) is 9.53 Å². The Morgan fingerprint density at radius 1 is 1.44 bits per heavy atom. The summed E-state index contributed by atoms with van der Waals surface area (Å²) in [5.41, 5.74) is 0.814. The third-order valence-electron chi connectivity index (χ3n) is 2.08. The highest BCUT2D eigenvalue weighted by Crippen LogP contribution is 2.14. The molecule has 0 spiro atoms. The van der Waals surface area contributed by atoms with Gasteiger partial charge in [-0.15, -0.1) is 0 Å². The number of amides is 1. The van der Waals surface area contributed by atoms with Crippen molar-refractivity contribution < 1.29 is 22.7 Å². The first kappa shape index (κ1) is 14.4. The van der Waals surface area contributed by atoms with Gasteiger partial charge in [-0.3, -0.25) is 9.78 Å². The molecule has 1 heterocycles. The smallest absolute Gasteiger partial charge is 0.362 e. The Labute approximate surface area is 102 Å². The number of alkyl halides is 3. The Morgan fingerprint density at radius 3 is 2.61 bits per heavy atom. The van der Waals surface area contributed by atoms with Crippen LogP contribution in [-0.4, -0.2) is 30.3 Å². The molecule has 4 nitrogen and oxygen atoms in total. The molecule has 1 atom stereocenters. The number of halogens is 3. The molecule has 1 N–H and O–H groups in total. The maximum Gasteiger partial charge on any atom is 0.411 e. The largest absolute Gasteiger partial charge is 0.411 e. The lowest BCUT2D eigenvalue weighted by Crippen LogP contribution is -2.31. The molecular formula is C11H13F3N2O2. The lowest BCUT2D eigenvalue weighted by atomic mass is 10.1. The minimum absolute atomic E-state index is 0.310. The maximum atomic E-state index is 11.8. The molecular weight excluding hydrogens is 249 g/mol. The van der Waals surface area contributed by atoms with Crippen LogP contribution in [0.1, 0.15) is 18.5 Å². The summed E-state index contributed by atoms with van der Waals surface area (Å²) < 4.78 is 39.6. The molecule has 18 heavy (non-hydrogen) atoms. The average molecular weight is 262 g/mol. The number of carbonyl (C=O) groups excluding carboxylic acids is 1. The summed E-state index contributed by atoms with van der Waals surface area (Å²) in [7, 11) is 0. The molecule has 0 aliphatic heterocycles. The molecule has 7 heteroatoms. The molecule has 0 aliphatic carbocycles. The van der Waals surface area contributed by atoms with Crippen molar-refractivity contribution in [1.29, 1.82) is 0 Å². The molecule has 1 rings (SSSR count). The van der Waals surface area contributed by atoms with E-state index >= 15 is 0 Å². The molecule has 100 valence electrons. The van der Waals surface area contributed by atoms with Gasteiger partial charge in [-0.25, -0.2) is 0 Å². The second kappa shape index (κ2) is 6.34. The van der Waals surface area contributed by atoms with E-state index in [2.05, 4.69) is 15.0 Å². The summed E-state index contributed by atoms with van der Waals surface area (Å²) in [6.45, 7) is -0.323. The van der Waals surface area contributed by atoms with Crippen LogP contribution in [0.25, 0.3) is 0 Å². The highest BCUT2D eigenvalue weighted by molar-refractivity contribution is 5.77. The van der Waals surface area contributed by atoms with Crippen LogP contribution in [0.15, 0.2) is 24.5 Å². The monoisotopic (exact) mass is 262 g/mol. The van der Waals surface area contributed by atoms with E-state index < -0.39 is 25.3 Å². The number of hydrogen-bond donors (Lipinski definition) is 1. The van der Waals surface area contributed by atoms with Gasteiger partial charge >= 0.3 is 6.18 Å². The third kappa shape index (κ3) is 5.62. The summed E-state index contributed by atoms with van der Waals surface area (Å²) in [6, 6.07) is 3.11. The van der Waals surface area contributed by atoms with Crippen molar-refractivity contribution in [2.24, 2.45) is 0 Å². The lowest BCUT2D eigenvalue weighted by Gasteiger charge is -2.14. The summed E-state index contributed by atoms with van der Waals surface area (Å²) in [5, 5.41) is 2.52. The standard InChI is InChI=1S/C11H13F3N2O2/c1-8(9-2-4-15-5-3-9)16-10(17)6-18-7-11(12,13)14/h2-5,8H,6-7H2,1H3,(H,16,17). The van der Waals surface area contributed by atoms with Gasteiger partial charge in [-0.1, -0.05) is 0 Å². The van der Waals surface area contributed by atoms with E-state index in [0.29, 0.717) is 0 Å². The summed E-state index contributed by atoms with van der Waals surface area (Å²) >= 11 is 0. The van der Waals surface area contributed by atoms with E-state index in [1.54, 1.807) is 31.5 Å². The number of aromatic nitrogens is 1. The highest BCUT2D eigenvalue weighted by Gasteiger charge is 2.27. The molecule has 0 saturated heterocycles. The van der Waals surface area contributed by atoms with E-state index in [1.807, 2.05) is 0 Å². The molecule has 0 radical (unpaired) electrons. The third-order valence-corrected chi connectivity index (χ3v) is 2.08. The van der Waals surface area contributed by atoms with Gasteiger partial charge in [-0.2, -0.15) is 13.2 Å². The summed E-state index contributed by atoms with van der Waals surface area (Å²) in [6.07, 6.45) is -1.28. The zero-order chi connectivity index (χ0) is 13.6. The Hall–Kier alpha value is -1.63. The van der Waals surface area contributed by atoms with Crippen LogP contribution in [0.2, 0.25) is 0 Å². The minimum atomic E-state index is -4.42. The topological polar surface area (TPSA) is 51.2 Å². The number of nitrogens with zero attached hydrogens (tertiary/aromatic N) is 1. The SMILES string of the molecule is CC(NC(=O)COCC(F)(F)F)c1ccncc1. The molecule has 1 amide bonds. The van der Waals surface area contributed by atoms with E-state index in [1.165, 1.54) is 0 Å². The molecule has 1 unspecified atom stereocenters.